The highest BCUT2D eigenvalue weighted by atomic mass is 79.9. The Morgan fingerprint density at radius 3 is 2.22 bits per heavy atom. The standard InChI is InChI=1S/C22H14Br2ClN3O4/c23-15-3-8-18(9-4-15)27-20(29)21(30)28-26-12-14-11-16(24)5-10-19(14)32-22(31)13-1-6-17(25)7-2-13/h1-12H,(H,27,29)(H,28,30)/b26-12-. The van der Waals surface area contributed by atoms with Gasteiger partial charge in [-0.3, -0.25) is 9.59 Å². The molecular weight excluding hydrogens is 566 g/mol. The van der Waals surface area contributed by atoms with Crippen LogP contribution in [-0.2, 0) is 9.59 Å². The maximum Gasteiger partial charge on any atom is 0.343 e. The molecule has 0 fully saturated rings. The normalized spacial score (nSPS) is 10.6. The van der Waals surface area contributed by atoms with Gasteiger partial charge < -0.3 is 10.1 Å². The molecule has 10 heteroatoms. The molecule has 0 atom stereocenters. The van der Waals surface area contributed by atoms with Crippen LogP contribution in [0.15, 0.2) is 80.8 Å². The van der Waals surface area contributed by atoms with Gasteiger partial charge in [0.25, 0.3) is 0 Å². The van der Waals surface area contributed by atoms with Crippen molar-refractivity contribution in [3.63, 3.8) is 0 Å². The van der Waals surface area contributed by atoms with E-state index in [1.54, 1.807) is 66.7 Å². The lowest BCUT2D eigenvalue weighted by atomic mass is 10.2. The van der Waals surface area contributed by atoms with E-state index in [9.17, 15) is 14.4 Å². The van der Waals surface area contributed by atoms with Crippen molar-refractivity contribution in [2.24, 2.45) is 5.10 Å². The van der Waals surface area contributed by atoms with Crippen molar-refractivity contribution in [3.8, 4) is 5.75 Å². The van der Waals surface area contributed by atoms with Gasteiger partial charge in [0, 0.05) is 25.2 Å². The Hall–Kier alpha value is -3.01. The molecule has 0 saturated heterocycles. The van der Waals surface area contributed by atoms with Gasteiger partial charge in [-0.2, -0.15) is 5.10 Å². The molecule has 0 aliphatic heterocycles. The first-order valence-corrected chi connectivity index (χ1v) is 11.0. The molecule has 0 saturated carbocycles. The Bertz CT molecular complexity index is 1180. The smallest absolute Gasteiger partial charge is 0.343 e. The van der Waals surface area contributed by atoms with Crippen molar-refractivity contribution < 1.29 is 19.1 Å². The Balaban J connectivity index is 1.65. The fourth-order valence-corrected chi connectivity index (χ4v) is 3.16. The SMILES string of the molecule is O=C(N/N=C\c1cc(Br)ccc1OC(=O)c1ccc(Cl)cc1)C(=O)Nc1ccc(Br)cc1. The predicted octanol–water partition coefficient (Wildman–Crippen LogP) is 5.17. The Morgan fingerprint density at radius 1 is 0.875 bits per heavy atom. The minimum Gasteiger partial charge on any atom is -0.422 e. The summed E-state index contributed by atoms with van der Waals surface area (Å²) in [5.74, 6) is -2.21. The molecule has 0 unspecified atom stereocenters. The summed E-state index contributed by atoms with van der Waals surface area (Å²) in [7, 11) is 0. The average molecular weight is 580 g/mol. The number of amides is 2. The molecule has 162 valence electrons. The minimum atomic E-state index is -0.959. The summed E-state index contributed by atoms with van der Waals surface area (Å²) in [5.41, 5.74) is 3.31. The molecule has 0 aliphatic carbocycles. The van der Waals surface area contributed by atoms with Gasteiger partial charge in [0.05, 0.1) is 11.8 Å². The van der Waals surface area contributed by atoms with Gasteiger partial charge in [-0.15, -0.1) is 0 Å². The Morgan fingerprint density at radius 2 is 1.53 bits per heavy atom. The maximum absolute atomic E-state index is 12.4. The van der Waals surface area contributed by atoms with Gasteiger partial charge in [-0.1, -0.05) is 43.5 Å². The average Bonchev–Trinajstić information content (AvgIpc) is 2.77. The van der Waals surface area contributed by atoms with E-state index in [2.05, 4.69) is 47.7 Å². The molecule has 7 nitrogen and oxygen atoms in total. The molecule has 0 spiro atoms. The molecule has 2 N–H and O–H groups in total. The molecule has 0 aromatic heterocycles. The van der Waals surface area contributed by atoms with E-state index in [-0.39, 0.29) is 5.75 Å². The summed E-state index contributed by atoms with van der Waals surface area (Å²) in [5, 5.41) is 6.74. The van der Waals surface area contributed by atoms with E-state index in [0.717, 1.165) is 4.47 Å². The summed E-state index contributed by atoms with van der Waals surface area (Å²) >= 11 is 12.5. The van der Waals surface area contributed by atoms with Crippen LogP contribution in [0.5, 0.6) is 5.75 Å². The Kier molecular flexibility index (Phi) is 8.15. The highest BCUT2D eigenvalue weighted by molar-refractivity contribution is 9.10. The predicted molar refractivity (Wildman–Crippen MR) is 129 cm³/mol. The van der Waals surface area contributed by atoms with Crippen LogP contribution in [0.2, 0.25) is 5.02 Å². The Labute approximate surface area is 205 Å². The molecule has 3 rings (SSSR count). The first-order valence-electron chi connectivity index (χ1n) is 8.99. The van der Waals surface area contributed by atoms with Crippen LogP contribution in [0, 0.1) is 0 Å². The van der Waals surface area contributed by atoms with E-state index in [0.29, 0.717) is 26.3 Å². The number of anilines is 1. The van der Waals surface area contributed by atoms with Crippen LogP contribution in [0.1, 0.15) is 15.9 Å². The monoisotopic (exact) mass is 577 g/mol. The molecule has 0 aliphatic rings. The van der Waals surface area contributed by atoms with Crippen LogP contribution < -0.4 is 15.5 Å². The second-order valence-electron chi connectivity index (χ2n) is 6.24. The third kappa shape index (κ3) is 6.74. The van der Waals surface area contributed by atoms with Crippen molar-refractivity contribution in [1.29, 1.82) is 0 Å². The van der Waals surface area contributed by atoms with Crippen LogP contribution >= 0.6 is 43.5 Å². The number of hydrogen-bond acceptors (Lipinski definition) is 5. The highest BCUT2D eigenvalue weighted by Crippen LogP contribution is 2.23. The zero-order valence-corrected chi connectivity index (χ0v) is 20.1. The third-order valence-corrected chi connectivity index (χ3v) is 5.21. The molecular formula is C22H14Br2ClN3O4. The molecule has 3 aromatic rings. The minimum absolute atomic E-state index is 0.213. The number of carbonyl (C=O) groups is 3. The number of nitrogens with one attached hydrogen (secondary N) is 2. The molecule has 3 aromatic carbocycles. The fourth-order valence-electron chi connectivity index (χ4n) is 2.39. The summed E-state index contributed by atoms with van der Waals surface area (Å²) in [6.07, 6.45) is 1.26. The van der Waals surface area contributed by atoms with Gasteiger partial charge in [0.1, 0.15) is 5.75 Å². The summed E-state index contributed by atoms with van der Waals surface area (Å²) in [4.78, 5) is 36.4. The number of rotatable bonds is 5. The van der Waals surface area contributed by atoms with Gasteiger partial charge in [0.15, 0.2) is 0 Å². The largest absolute Gasteiger partial charge is 0.422 e. The number of hydrazone groups is 1. The quantitative estimate of drug-likeness (QED) is 0.143. The topological polar surface area (TPSA) is 96.9 Å². The number of benzene rings is 3. The lowest BCUT2D eigenvalue weighted by Gasteiger charge is -2.08. The molecule has 2 amide bonds. The summed E-state index contributed by atoms with van der Waals surface area (Å²) < 4.78 is 6.97. The van der Waals surface area contributed by atoms with Gasteiger partial charge in [-0.05, 0) is 66.7 Å². The van der Waals surface area contributed by atoms with E-state index < -0.39 is 17.8 Å². The lowest BCUT2D eigenvalue weighted by Crippen LogP contribution is -2.32. The van der Waals surface area contributed by atoms with Gasteiger partial charge >= 0.3 is 17.8 Å². The van der Waals surface area contributed by atoms with Crippen LogP contribution in [0.4, 0.5) is 5.69 Å². The van der Waals surface area contributed by atoms with Crippen molar-refractivity contribution in [1.82, 2.24) is 5.43 Å². The number of nitrogens with zero attached hydrogens (tertiary/aromatic N) is 1. The molecule has 0 radical (unpaired) electrons. The molecule has 0 bridgehead atoms. The van der Waals surface area contributed by atoms with Gasteiger partial charge in [0.2, 0.25) is 0 Å². The summed E-state index contributed by atoms with van der Waals surface area (Å²) in [6.45, 7) is 0. The van der Waals surface area contributed by atoms with Crippen molar-refractivity contribution in [2.45, 2.75) is 0 Å². The number of halogens is 3. The van der Waals surface area contributed by atoms with E-state index >= 15 is 0 Å². The second kappa shape index (κ2) is 11.0. The van der Waals surface area contributed by atoms with Crippen molar-refractivity contribution in [3.05, 3.63) is 91.8 Å². The molecule has 32 heavy (non-hydrogen) atoms. The number of hydrogen-bond donors (Lipinski definition) is 2. The maximum atomic E-state index is 12.4. The van der Waals surface area contributed by atoms with Crippen LogP contribution in [0.25, 0.3) is 0 Å². The van der Waals surface area contributed by atoms with Gasteiger partial charge in [-0.25, -0.2) is 10.2 Å². The highest BCUT2D eigenvalue weighted by Gasteiger charge is 2.14. The lowest BCUT2D eigenvalue weighted by molar-refractivity contribution is -0.136. The first-order chi connectivity index (χ1) is 15.3. The molecule has 0 heterocycles. The number of ether oxygens (including phenoxy) is 1. The first kappa shape index (κ1) is 23.6. The second-order valence-corrected chi connectivity index (χ2v) is 8.51. The van der Waals surface area contributed by atoms with Crippen LogP contribution in [-0.4, -0.2) is 24.0 Å². The summed E-state index contributed by atoms with van der Waals surface area (Å²) in [6, 6.07) is 17.9. The van der Waals surface area contributed by atoms with Crippen molar-refractivity contribution >= 4 is 73.1 Å². The number of esters is 1. The zero-order valence-electron chi connectivity index (χ0n) is 16.1. The van der Waals surface area contributed by atoms with E-state index in [4.69, 9.17) is 16.3 Å². The van der Waals surface area contributed by atoms with Crippen molar-refractivity contribution in [2.75, 3.05) is 5.32 Å². The van der Waals surface area contributed by atoms with E-state index in [1.807, 2.05) is 0 Å². The van der Waals surface area contributed by atoms with Crippen LogP contribution in [0.3, 0.4) is 0 Å². The number of carbonyl (C=O) groups excluding carboxylic acids is 3. The fraction of sp³-hybridized carbons (Fsp3) is 0. The zero-order chi connectivity index (χ0) is 23.1. The van der Waals surface area contributed by atoms with E-state index in [1.165, 1.54) is 6.21 Å². The third-order valence-electron chi connectivity index (χ3n) is 3.93.